The summed E-state index contributed by atoms with van der Waals surface area (Å²) in [4.78, 5) is 25.1. The topological polar surface area (TPSA) is 116 Å². The largest absolute Gasteiger partial charge is 0.369 e. The number of piperazine rings is 1. The zero-order chi connectivity index (χ0) is 17.9. The molecule has 0 saturated carbocycles. The summed E-state index contributed by atoms with van der Waals surface area (Å²) in [5.74, 6) is -1.28. The number of nitriles is 1. The lowest BCUT2D eigenvalue weighted by Gasteiger charge is -2.36. The van der Waals surface area contributed by atoms with Gasteiger partial charge in [0, 0.05) is 37.8 Å². The van der Waals surface area contributed by atoms with Gasteiger partial charge in [-0.05, 0) is 0 Å². The lowest BCUT2D eigenvalue weighted by molar-refractivity contribution is -0.384. The molecule has 1 saturated heterocycles. The van der Waals surface area contributed by atoms with Crippen molar-refractivity contribution in [1.82, 2.24) is 4.90 Å². The molecule has 1 aromatic rings. The smallest absolute Gasteiger partial charge is 0.294 e. The van der Waals surface area contributed by atoms with Crippen LogP contribution in [0.1, 0.15) is 5.56 Å². The van der Waals surface area contributed by atoms with Gasteiger partial charge in [0.25, 0.3) is 5.69 Å². The van der Waals surface area contributed by atoms with Crippen LogP contribution in [0.4, 0.5) is 15.8 Å². The number of benzene rings is 1. The fourth-order valence-corrected chi connectivity index (χ4v) is 2.95. The number of amides is 1. The van der Waals surface area contributed by atoms with Gasteiger partial charge < -0.3 is 10.6 Å². The van der Waals surface area contributed by atoms with Crippen molar-refractivity contribution in [2.45, 2.75) is 6.42 Å². The van der Waals surface area contributed by atoms with E-state index in [0.717, 1.165) is 6.07 Å². The molecule has 0 aromatic heterocycles. The van der Waals surface area contributed by atoms with E-state index in [1.807, 2.05) is 6.07 Å². The maximum absolute atomic E-state index is 14.3. The van der Waals surface area contributed by atoms with Crippen molar-refractivity contribution in [2.75, 3.05) is 37.6 Å². The lowest BCUT2D eigenvalue weighted by Crippen LogP contribution is -2.49. The summed E-state index contributed by atoms with van der Waals surface area (Å²) in [6.07, 6.45) is -0.329. The maximum atomic E-state index is 14.3. The molecule has 1 aliphatic heterocycles. The fraction of sp³-hybridized carbons (Fsp3) is 0.429. The highest BCUT2D eigenvalue weighted by Crippen LogP contribution is 2.38. The Hall–Kier alpha value is -2.44. The quantitative estimate of drug-likeness (QED) is 0.623. The van der Waals surface area contributed by atoms with E-state index < -0.39 is 16.6 Å². The van der Waals surface area contributed by atoms with Gasteiger partial charge in [0.1, 0.15) is 11.5 Å². The van der Waals surface area contributed by atoms with Crippen LogP contribution in [0, 0.1) is 27.3 Å². The second-order valence-electron chi connectivity index (χ2n) is 5.34. The van der Waals surface area contributed by atoms with Gasteiger partial charge in [0.2, 0.25) is 5.91 Å². The predicted octanol–water partition coefficient (Wildman–Crippen LogP) is 1.06. The van der Waals surface area contributed by atoms with Crippen LogP contribution in [0.5, 0.6) is 0 Å². The average Bonchev–Trinajstić information content (AvgIpc) is 2.52. The number of carbonyl (C=O) groups excluding carboxylic acids is 1. The number of nitro benzene ring substituents is 1. The molecule has 24 heavy (non-hydrogen) atoms. The minimum atomic E-state index is -0.821. The van der Waals surface area contributed by atoms with Crippen molar-refractivity contribution in [3.8, 4) is 6.07 Å². The Morgan fingerprint density at radius 2 is 2.08 bits per heavy atom. The number of primary amides is 1. The maximum Gasteiger partial charge on any atom is 0.294 e. The summed E-state index contributed by atoms with van der Waals surface area (Å²) in [5.41, 5.74) is 4.80. The average molecular weight is 356 g/mol. The molecule has 0 radical (unpaired) electrons. The first-order valence-electron chi connectivity index (χ1n) is 7.13. The Kier molecular flexibility index (Phi) is 5.54. The summed E-state index contributed by atoms with van der Waals surface area (Å²) < 4.78 is 14.3. The van der Waals surface area contributed by atoms with Crippen molar-refractivity contribution in [3.63, 3.8) is 0 Å². The first kappa shape index (κ1) is 17.9. The number of carbonyl (C=O) groups is 1. The molecule has 1 amide bonds. The summed E-state index contributed by atoms with van der Waals surface area (Å²) >= 11 is 5.72. The van der Waals surface area contributed by atoms with Gasteiger partial charge >= 0.3 is 0 Å². The third-order valence-electron chi connectivity index (χ3n) is 3.79. The Morgan fingerprint density at radius 1 is 1.46 bits per heavy atom. The van der Waals surface area contributed by atoms with Gasteiger partial charge in [-0.1, -0.05) is 11.6 Å². The van der Waals surface area contributed by atoms with Gasteiger partial charge in [0.15, 0.2) is 0 Å². The highest BCUT2D eigenvalue weighted by atomic mass is 35.5. The molecular formula is C14H15ClFN5O3. The van der Waals surface area contributed by atoms with Gasteiger partial charge in [0.05, 0.1) is 29.0 Å². The van der Waals surface area contributed by atoms with E-state index in [4.69, 9.17) is 22.6 Å². The minimum Gasteiger partial charge on any atom is -0.369 e. The minimum absolute atomic E-state index is 0.0715. The van der Waals surface area contributed by atoms with Crippen molar-refractivity contribution in [3.05, 3.63) is 32.6 Å². The van der Waals surface area contributed by atoms with Crippen molar-refractivity contribution in [2.24, 2.45) is 5.73 Å². The molecule has 128 valence electrons. The van der Waals surface area contributed by atoms with Crippen LogP contribution in [0.15, 0.2) is 6.07 Å². The summed E-state index contributed by atoms with van der Waals surface area (Å²) in [6.45, 7) is 1.66. The molecule has 2 rings (SSSR count). The van der Waals surface area contributed by atoms with Crippen LogP contribution in [0.2, 0.25) is 5.02 Å². The van der Waals surface area contributed by atoms with Crippen LogP contribution in [-0.4, -0.2) is 48.5 Å². The number of nitrogens with two attached hydrogens (primary N) is 1. The number of hydrogen-bond acceptors (Lipinski definition) is 6. The van der Waals surface area contributed by atoms with E-state index in [9.17, 15) is 19.3 Å². The molecule has 0 spiro atoms. The molecule has 0 unspecified atom stereocenters. The van der Waals surface area contributed by atoms with Crippen LogP contribution < -0.4 is 10.6 Å². The van der Waals surface area contributed by atoms with E-state index in [-0.39, 0.29) is 34.9 Å². The van der Waals surface area contributed by atoms with Crippen LogP contribution in [0.3, 0.4) is 0 Å². The highest BCUT2D eigenvalue weighted by molar-refractivity contribution is 6.31. The third-order valence-corrected chi connectivity index (χ3v) is 4.06. The number of rotatable bonds is 5. The number of hydrogen-bond donors (Lipinski definition) is 1. The van der Waals surface area contributed by atoms with E-state index in [1.165, 1.54) is 0 Å². The molecule has 8 nitrogen and oxygen atoms in total. The Morgan fingerprint density at radius 3 is 2.58 bits per heavy atom. The highest BCUT2D eigenvalue weighted by Gasteiger charge is 2.30. The standard InChI is InChI=1S/C14H15ClFN5O3/c15-10-7-11(21(23)24)14(9(1-2-17)13(10)16)20-5-3-19(4-6-20)8-12(18)22/h7H,1,3-6,8H2,(H2,18,22). The fourth-order valence-electron chi connectivity index (χ4n) is 2.74. The molecule has 2 N–H and O–H groups in total. The monoisotopic (exact) mass is 355 g/mol. The van der Waals surface area contributed by atoms with E-state index >= 15 is 0 Å². The van der Waals surface area contributed by atoms with Crippen LogP contribution in [0.25, 0.3) is 0 Å². The molecule has 1 aromatic carbocycles. The van der Waals surface area contributed by atoms with Crippen LogP contribution in [-0.2, 0) is 11.2 Å². The lowest BCUT2D eigenvalue weighted by atomic mass is 10.1. The Labute approximate surface area is 142 Å². The van der Waals surface area contributed by atoms with Gasteiger partial charge in [-0.3, -0.25) is 19.8 Å². The molecular weight excluding hydrogens is 341 g/mol. The third kappa shape index (κ3) is 3.72. The number of nitro groups is 1. The first-order chi connectivity index (χ1) is 11.3. The SMILES string of the molecule is N#CCc1c(F)c(Cl)cc([N+](=O)[O-])c1N1CCN(CC(N)=O)CC1. The van der Waals surface area contributed by atoms with Gasteiger partial charge in [-0.25, -0.2) is 4.39 Å². The second kappa shape index (κ2) is 7.42. The van der Waals surface area contributed by atoms with Crippen molar-refractivity contribution in [1.29, 1.82) is 5.26 Å². The molecule has 0 bridgehead atoms. The van der Waals surface area contributed by atoms with E-state index in [1.54, 1.807) is 9.80 Å². The second-order valence-corrected chi connectivity index (χ2v) is 5.75. The molecule has 0 aliphatic carbocycles. The molecule has 1 fully saturated rings. The van der Waals surface area contributed by atoms with Crippen LogP contribution >= 0.6 is 11.6 Å². The zero-order valence-corrected chi connectivity index (χ0v) is 13.4. The summed E-state index contributed by atoms with van der Waals surface area (Å²) in [6, 6.07) is 2.77. The van der Waals surface area contributed by atoms with Crippen molar-refractivity contribution >= 4 is 28.9 Å². The predicted molar refractivity (Wildman–Crippen MR) is 85.2 cm³/mol. The Balaban J connectivity index is 2.38. The zero-order valence-electron chi connectivity index (χ0n) is 12.7. The van der Waals surface area contributed by atoms with E-state index in [0.29, 0.717) is 26.2 Å². The normalized spacial score (nSPS) is 15.1. The summed E-state index contributed by atoms with van der Waals surface area (Å²) in [7, 11) is 0. The Bertz CT molecular complexity index is 713. The molecule has 10 heteroatoms. The molecule has 1 heterocycles. The molecule has 0 atom stereocenters. The first-order valence-corrected chi connectivity index (χ1v) is 7.50. The van der Waals surface area contributed by atoms with Crippen molar-refractivity contribution < 1.29 is 14.1 Å². The number of halogens is 2. The van der Waals surface area contributed by atoms with Gasteiger partial charge in [-0.15, -0.1) is 0 Å². The summed E-state index contributed by atoms with van der Waals surface area (Å²) in [5, 5.41) is 19.9. The number of anilines is 1. The van der Waals surface area contributed by atoms with Gasteiger partial charge in [-0.2, -0.15) is 5.26 Å². The molecule has 1 aliphatic rings. The van der Waals surface area contributed by atoms with E-state index in [2.05, 4.69) is 0 Å². The number of nitrogens with zero attached hydrogens (tertiary/aromatic N) is 4.